The third-order valence-corrected chi connectivity index (χ3v) is 4.54. The summed E-state index contributed by atoms with van der Waals surface area (Å²) in [5, 5.41) is 7.62. The topological polar surface area (TPSA) is 89.3 Å². The second kappa shape index (κ2) is 7.88. The summed E-state index contributed by atoms with van der Waals surface area (Å²) in [6.45, 7) is 0.270. The summed E-state index contributed by atoms with van der Waals surface area (Å²) in [5.74, 6) is -0.398. The van der Waals surface area contributed by atoms with Gasteiger partial charge in [0.25, 0.3) is 0 Å². The number of amides is 1. The minimum atomic E-state index is -4.45. The molecule has 2 aromatic rings. The van der Waals surface area contributed by atoms with Crippen molar-refractivity contribution in [1.82, 2.24) is 5.32 Å². The first-order valence-corrected chi connectivity index (χ1v) is 9.15. The van der Waals surface area contributed by atoms with Gasteiger partial charge in [-0.05, 0) is 35.7 Å². The molecule has 0 atom stereocenters. The average molecular weight is 386 g/mol. The maximum Gasteiger partial charge on any atom is 0.416 e. The summed E-state index contributed by atoms with van der Waals surface area (Å²) in [6.07, 6.45) is -4.16. The Hall–Kier alpha value is -2.39. The molecule has 0 radical (unpaired) electrons. The number of carbonyl (C=O) groups excluding carboxylic acids is 1. The van der Waals surface area contributed by atoms with Crippen LogP contribution in [0.3, 0.4) is 0 Å². The van der Waals surface area contributed by atoms with Gasteiger partial charge < -0.3 is 5.32 Å². The van der Waals surface area contributed by atoms with E-state index >= 15 is 0 Å². The van der Waals surface area contributed by atoms with E-state index in [4.69, 9.17) is 5.14 Å². The second-order valence-electron chi connectivity index (χ2n) is 5.66. The van der Waals surface area contributed by atoms with Crippen molar-refractivity contribution in [2.24, 2.45) is 5.14 Å². The smallest absolute Gasteiger partial charge is 0.355 e. The van der Waals surface area contributed by atoms with E-state index in [2.05, 4.69) is 5.32 Å². The zero-order chi connectivity index (χ0) is 19.4. The van der Waals surface area contributed by atoms with Crippen molar-refractivity contribution in [1.29, 1.82) is 0 Å². The number of hydrogen-bond donors (Lipinski definition) is 2. The van der Waals surface area contributed by atoms with Crippen LogP contribution < -0.4 is 10.5 Å². The highest BCUT2D eigenvalue weighted by atomic mass is 32.2. The Labute approximate surface area is 149 Å². The van der Waals surface area contributed by atoms with Crippen LogP contribution in [0.25, 0.3) is 0 Å². The SMILES string of the molecule is NS(=O)(=O)c1ccc(CCNC(=O)Cc2cccc(C(F)(F)F)c2)cc1. The first-order chi connectivity index (χ1) is 12.1. The largest absolute Gasteiger partial charge is 0.416 e. The molecule has 0 aromatic heterocycles. The number of carbonyl (C=O) groups is 1. The Kier molecular flexibility index (Phi) is 6.04. The Morgan fingerprint density at radius 2 is 1.69 bits per heavy atom. The van der Waals surface area contributed by atoms with Crippen molar-refractivity contribution in [3.05, 3.63) is 65.2 Å². The highest BCUT2D eigenvalue weighted by Crippen LogP contribution is 2.29. The molecule has 0 aliphatic carbocycles. The van der Waals surface area contributed by atoms with Gasteiger partial charge in [-0.3, -0.25) is 4.79 Å². The van der Waals surface area contributed by atoms with Gasteiger partial charge in [0.2, 0.25) is 15.9 Å². The highest BCUT2D eigenvalue weighted by Gasteiger charge is 2.30. The van der Waals surface area contributed by atoms with Gasteiger partial charge in [-0.1, -0.05) is 30.3 Å². The molecule has 0 aliphatic heterocycles. The van der Waals surface area contributed by atoms with Crippen LogP contribution in [0.2, 0.25) is 0 Å². The van der Waals surface area contributed by atoms with Gasteiger partial charge in [0.1, 0.15) is 0 Å². The molecule has 5 nitrogen and oxygen atoms in total. The molecular formula is C17H17F3N2O3S. The Morgan fingerprint density at radius 3 is 2.27 bits per heavy atom. The molecule has 0 saturated heterocycles. The highest BCUT2D eigenvalue weighted by molar-refractivity contribution is 7.89. The molecule has 26 heavy (non-hydrogen) atoms. The van der Waals surface area contributed by atoms with E-state index in [0.29, 0.717) is 6.42 Å². The summed E-state index contributed by atoms with van der Waals surface area (Å²) in [6, 6.07) is 10.5. The summed E-state index contributed by atoms with van der Waals surface area (Å²) in [4.78, 5) is 11.9. The lowest BCUT2D eigenvalue weighted by Gasteiger charge is -2.09. The normalized spacial score (nSPS) is 12.0. The van der Waals surface area contributed by atoms with Crippen LogP contribution in [-0.4, -0.2) is 20.9 Å². The number of rotatable bonds is 6. The van der Waals surface area contributed by atoms with Crippen molar-refractivity contribution in [3.63, 3.8) is 0 Å². The number of nitrogens with one attached hydrogen (secondary N) is 1. The Morgan fingerprint density at radius 1 is 1.04 bits per heavy atom. The van der Waals surface area contributed by atoms with Crippen LogP contribution >= 0.6 is 0 Å². The molecule has 3 N–H and O–H groups in total. The number of hydrogen-bond acceptors (Lipinski definition) is 3. The molecule has 0 heterocycles. The molecule has 1 amide bonds. The van der Waals surface area contributed by atoms with E-state index < -0.39 is 27.7 Å². The van der Waals surface area contributed by atoms with Gasteiger partial charge in [0.05, 0.1) is 16.9 Å². The van der Waals surface area contributed by atoms with Crippen LogP contribution in [0.4, 0.5) is 13.2 Å². The maximum absolute atomic E-state index is 12.7. The average Bonchev–Trinajstić information content (AvgIpc) is 2.54. The standard InChI is InChI=1S/C17H17F3N2O3S/c18-17(19,20)14-3-1-2-13(10-14)11-16(23)22-9-8-12-4-6-15(7-5-12)26(21,24)25/h1-7,10H,8-9,11H2,(H,22,23)(H2,21,24,25). The van der Waals surface area contributed by atoms with E-state index in [9.17, 15) is 26.4 Å². The summed E-state index contributed by atoms with van der Waals surface area (Å²) < 4.78 is 60.3. The molecular weight excluding hydrogens is 369 g/mol. The van der Waals surface area contributed by atoms with Gasteiger partial charge >= 0.3 is 6.18 Å². The molecule has 0 saturated carbocycles. The number of sulfonamides is 1. The number of primary sulfonamides is 1. The zero-order valence-corrected chi connectivity index (χ0v) is 14.4. The lowest BCUT2D eigenvalue weighted by atomic mass is 10.1. The number of nitrogens with two attached hydrogens (primary N) is 1. The number of alkyl halides is 3. The molecule has 2 aromatic carbocycles. The van der Waals surface area contributed by atoms with Crippen molar-refractivity contribution >= 4 is 15.9 Å². The molecule has 0 fully saturated rings. The van der Waals surface area contributed by atoms with E-state index in [0.717, 1.165) is 17.7 Å². The van der Waals surface area contributed by atoms with Crippen LogP contribution in [0.5, 0.6) is 0 Å². The van der Waals surface area contributed by atoms with Crippen LogP contribution in [0.15, 0.2) is 53.4 Å². The number of halogens is 3. The minimum absolute atomic E-state index is 0.00479. The molecule has 9 heteroatoms. The third-order valence-electron chi connectivity index (χ3n) is 3.61. The van der Waals surface area contributed by atoms with Crippen molar-refractivity contribution in [2.75, 3.05) is 6.54 Å². The van der Waals surface area contributed by atoms with Gasteiger partial charge in [0, 0.05) is 6.54 Å². The lowest BCUT2D eigenvalue weighted by molar-refractivity contribution is -0.137. The summed E-state index contributed by atoms with van der Waals surface area (Å²) in [5.41, 5.74) is 0.268. The van der Waals surface area contributed by atoms with Crippen molar-refractivity contribution in [2.45, 2.75) is 23.9 Å². The lowest BCUT2D eigenvalue weighted by Crippen LogP contribution is -2.27. The Balaban J connectivity index is 1.86. The fourth-order valence-corrected chi connectivity index (χ4v) is 2.81. The van der Waals surface area contributed by atoms with Crippen molar-refractivity contribution < 1.29 is 26.4 Å². The van der Waals surface area contributed by atoms with E-state index in [1.54, 1.807) is 12.1 Å². The van der Waals surface area contributed by atoms with Crippen LogP contribution in [-0.2, 0) is 33.8 Å². The van der Waals surface area contributed by atoms with Crippen LogP contribution in [0, 0.1) is 0 Å². The van der Waals surface area contributed by atoms with Gasteiger partial charge in [-0.2, -0.15) is 13.2 Å². The van der Waals surface area contributed by atoms with E-state index in [-0.39, 0.29) is 23.4 Å². The first kappa shape index (κ1) is 19.9. The predicted octanol–water partition coefficient (Wildman–Crippen LogP) is 2.25. The fourth-order valence-electron chi connectivity index (χ4n) is 2.30. The zero-order valence-electron chi connectivity index (χ0n) is 13.6. The summed E-state index contributed by atoms with van der Waals surface area (Å²) in [7, 11) is -3.75. The first-order valence-electron chi connectivity index (χ1n) is 7.60. The van der Waals surface area contributed by atoms with E-state index in [1.165, 1.54) is 24.3 Å². The molecule has 0 aliphatic rings. The molecule has 2 rings (SSSR count). The van der Waals surface area contributed by atoms with E-state index in [1.807, 2.05) is 0 Å². The molecule has 0 unspecified atom stereocenters. The van der Waals surface area contributed by atoms with Gasteiger partial charge in [0.15, 0.2) is 0 Å². The molecule has 0 bridgehead atoms. The van der Waals surface area contributed by atoms with Crippen molar-refractivity contribution in [3.8, 4) is 0 Å². The van der Waals surface area contributed by atoms with Gasteiger partial charge in [-0.25, -0.2) is 13.6 Å². The summed E-state index contributed by atoms with van der Waals surface area (Å²) >= 11 is 0. The second-order valence-corrected chi connectivity index (χ2v) is 7.23. The fraction of sp³-hybridized carbons (Fsp3) is 0.235. The van der Waals surface area contributed by atoms with Gasteiger partial charge in [-0.15, -0.1) is 0 Å². The van der Waals surface area contributed by atoms with Crippen LogP contribution in [0.1, 0.15) is 16.7 Å². The minimum Gasteiger partial charge on any atom is -0.355 e. The monoisotopic (exact) mass is 386 g/mol. The molecule has 0 spiro atoms. The number of benzene rings is 2. The third kappa shape index (κ3) is 5.85. The molecule has 140 valence electrons. The maximum atomic E-state index is 12.7. The predicted molar refractivity (Wildman–Crippen MR) is 89.7 cm³/mol. The quantitative estimate of drug-likeness (QED) is 0.798. The Bertz CT molecular complexity index is 879.